The van der Waals surface area contributed by atoms with E-state index in [4.69, 9.17) is 0 Å². The number of nitrogens with one attached hydrogen (secondary N) is 2. The summed E-state index contributed by atoms with van der Waals surface area (Å²) in [4.78, 5) is 11.2. The Labute approximate surface area is 96.2 Å². The standard InChI is InChI=1S/C13H18N2O/c1-10-3-2-4-11(7-10)5-6-12-8-14-9-13(16)15-12/h2-4,7,12,14H,5-6,8-9H2,1H3,(H,15,16). The van der Waals surface area contributed by atoms with Gasteiger partial charge in [0.2, 0.25) is 5.91 Å². The number of rotatable bonds is 3. The van der Waals surface area contributed by atoms with Gasteiger partial charge in [-0.05, 0) is 25.3 Å². The highest BCUT2D eigenvalue weighted by molar-refractivity contribution is 5.79. The monoisotopic (exact) mass is 218 g/mol. The van der Waals surface area contributed by atoms with E-state index in [-0.39, 0.29) is 11.9 Å². The molecule has 3 heteroatoms. The van der Waals surface area contributed by atoms with E-state index in [1.165, 1.54) is 11.1 Å². The maximum atomic E-state index is 11.2. The first kappa shape index (κ1) is 11.1. The molecule has 1 atom stereocenters. The highest BCUT2D eigenvalue weighted by Crippen LogP contribution is 2.08. The molecule has 3 nitrogen and oxygen atoms in total. The van der Waals surface area contributed by atoms with Gasteiger partial charge in [0.15, 0.2) is 0 Å². The average molecular weight is 218 g/mol. The number of amides is 1. The Kier molecular flexibility index (Phi) is 3.57. The van der Waals surface area contributed by atoms with Crippen LogP contribution in [0.5, 0.6) is 0 Å². The molecule has 0 radical (unpaired) electrons. The van der Waals surface area contributed by atoms with Gasteiger partial charge in [0.05, 0.1) is 6.54 Å². The van der Waals surface area contributed by atoms with Crippen molar-refractivity contribution in [2.45, 2.75) is 25.8 Å². The quantitative estimate of drug-likeness (QED) is 0.795. The largest absolute Gasteiger partial charge is 0.351 e. The molecule has 0 spiro atoms. The molecule has 16 heavy (non-hydrogen) atoms. The number of piperazine rings is 1. The van der Waals surface area contributed by atoms with Crippen LogP contribution in [0.4, 0.5) is 0 Å². The summed E-state index contributed by atoms with van der Waals surface area (Å²) in [6.45, 7) is 3.45. The third-order valence-electron chi connectivity index (χ3n) is 2.91. The SMILES string of the molecule is Cc1cccc(CCC2CNCC(=O)N2)c1. The molecule has 0 bridgehead atoms. The second-order valence-electron chi connectivity index (χ2n) is 4.42. The fourth-order valence-corrected chi connectivity index (χ4v) is 2.07. The second kappa shape index (κ2) is 5.12. The molecule has 1 aliphatic heterocycles. The van der Waals surface area contributed by atoms with Gasteiger partial charge in [0.25, 0.3) is 0 Å². The summed E-state index contributed by atoms with van der Waals surface area (Å²) < 4.78 is 0. The van der Waals surface area contributed by atoms with E-state index in [1.807, 2.05) is 0 Å². The first-order valence-corrected chi connectivity index (χ1v) is 5.79. The smallest absolute Gasteiger partial charge is 0.234 e. The fourth-order valence-electron chi connectivity index (χ4n) is 2.07. The lowest BCUT2D eigenvalue weighted by Gasteiger charge is -2.24. The van der Waals surface area contributed by atoms with Crippen LogP contribution < -0.4 is 10.6 Å². The lowest BCUT2D eigenvalue weighted by atomic mass is 10.0. The Morgan fingerprint density at radius 1 is 1.44 bits per heavy atom. The number of carbonyl (C=O) groups is 1. The molecule has 1 aromatic rings. The number of carbonyl (C=O) groups excluding carboxylic acids is 1. The van der Waals surface area contributed by atoms with E-state index in [1.54, 1.807) is 0 Å². The minimum Gasteiger partial charge on any atom is -0.351 e. The van der Waals surface area contributed by atoms with Crippen molar-refractivity contribution in [3.63, 3.8) is 0 Å². The number of hydrogen-bond donors (Lipinski definition) is 2. The van der Waals surface area contributed by atoms with Crippen LogP contribution in [-0.4, -0.2) is 25.0 Å². The van der Waals surface area contributed by atoms with E-state index in [2.05, 4.69) is 41.8 Å². The van der Waals surface area contributed by atoms with Crippen molar-refractivity contribution in [1.82, 2.24) is 10.6 Å². The Bertz CT molecular complexity index is 376. The predicted octanol–water partition coefficient (Wildman–Crippen LogP) is 1.02. The predicted molar refractivity (Wildman–Crippen MR) is 64.3 cm³/mol. The van der Waals surface area contributed by atoms with Crippen molar-refractivity contribution in [2.24, 2.45) is 0 Å². The molecule has 2 N–H and O–H groups in total. The van der Waals surface area contributed by atoms with Crippen LogP contribution in [0.25, 0.3) is 0 Å². The first-order chi connectivity index (χ1) is 7.74. The Hall–Kier alpha value is -1.35. The average Bonchev–Trinajstić information content (AvgIpc) is 2.27. The molecule has 1 amide bonds. The van der Waals surface area contributed by atoms with Gasteiger partial charge in [0, 0.05) is 12.6 Å². The highest BCUT2D eigenvalue weighted by atomic mass is 16.2. The molecular weight excluding hydrogens is 200 g/mol. The third kappa shape index (κ3) is 3.07. The van der Waals surface area contributed by atoms with Crippen LogP contribution >= 0.6 is 0 Å². The van der Waals surface area contributed by atoms with Gasteiger partial charge in [-0.2, -0.15) is 0 Å². The molecule has 0 aromatic heterocycles. The molecule has 1 fully saturated rings. The molecule has 0 saturated carbocycles. The summed E-state index contributed by atoms with van der Waals surface area (Å²) in [5.74, 6) is 0.112. The Morgan fingerprint density at radius 2 is 2.31 bits per heavy atom. The van der Waals surface area contributed by atoms with E-state index >= 15 is 0 Å². The summed E-state index contributed by atoms with van der Waals surface area (Å²) in [6.07, 6.45) is 2.02. The minimum absolute atomic E-state index is 0.112. The van der Waals surface area contributed by atoms with E-state index < -0.39 is 0 Å². The van der Waals surface area contributed by atoms with Gasteiger partial charge >= 0.3 is 0 Å². The van der Waals surface area contributed by atoms with Crippen molar-refractivity contribution in [2.75, 3.05) is 13.1 Å². The normalized spacial score (nSPS) is 20.6. The summed E-state index contributed by atoms with van der Waals surface area (Å²) in [5, 5.41) is 6.12. The molecule has 0 aliphatic carbocycles. The number of benzene rings is 1. The molecular formula is C13H18N2O. The zero-order valence-corrected chi connectivity index (χ0v) is 9.62. The van der Waals surface area contributed by atoms with Gasteiger partial charge in [-0.15, -0.1) is 0 Å². The summed E-state index contributed by atoms with van der Waals surface area (Å²) in [5.41, 5.74) is 2.64. The van der Waals surface area contributed by atoms with Crippen LogP contribution in [0.3, 0.4) is 0 Å². The summed E-state index contributed by atoms with van der Waals surface area (Å²) in [7, 11) is 0. The van der Waals surface area contributed by atoms with Crippen LogP contribution in [0, 0.1) is 6.92 Å². The third-order valence-corrected chi connectivity index (χ3v) is 2.91. The molecule has 86 valence electrons. The molecule has 2 rings (SSSR count). The molecule has 1 heterocycles. The maximum Gasteiger partial charge on any atom is 0.234 e. The second-order valence-corrected chi connectivity index (χ2v) is 4.42. The minimum atomic E-state index is 0.112. The summed E-state index contributed by atoms with van der Waals surface area (Å²) in [6, 6.07) is 8.82. The molecule has 1 aromatic carbocycles. The number of aryl methyl sites for hydroxylation is 2. The highest BCUT2D eigenvalue weighted by Gasteiger charge is 2.16. The molecule has 1 saturated heterocycles. The van der Waals surface area contributed by atoms with Crippen LogP contribution in [-0.2, 0) is 11.2 Å². The van der Waals surface area contributed by atoms with Crippen molar-refractivity contribution >= 4 is 5.91 Å². The topological polar surface area (TPSA) is 41.1 Å². The van der Waals surface area contributed by atoms with Crippen molar-refractivity contribution in [1.29, 1.82) is 0 Å². The van der Waals surface area contributed by atoms with Gasteiger partial charge in [-0.25, -0.2) is 0 Å². The maximum absolute atomic E-state index is 11.2. The number of hydrogen-bond acceptors (Lipinski definition) is 2. The Balaban J connectivity index is 1.85. The zero-order valence-electron chi connectivity index (χ0n) is 9.62. The van der Waals surface area contributed by atoms with Gasteiger partial charge in [-0.3, -0.25) is 4.79 Å². The van der Waals surface area contributed by atoms with Crippen molar-refractivity contribution in [3.05, 3.63) is 35.4 Å². The van der Waals surface area contributed by atoms with Gasteiger partial charge in [0.1, 0.15) is 0 Å². The molecule has 1 unspecified atom stereocenters. The van der Waals surface area contributed by atoms with E-state index in [9.17, 15) is 4.79 Å². The molecule has 1 aliphatic rings. The van der Waals surface area contributed by atoms with Gasteiger partial charge < -0.3 is 10.6 Å². The van der Waals surface area contributed by atoms with Crippen LogP contribution in [0.15, 0.2) is 24.3 Å². The fraction of sp³-hybridized carbons (Fsp3) is 0.462. The van der Waals surface area contributed by atoms with Crippen molar-refractivity contribution in [3.8, 4) is 0 Å². The Morgan fingerprint density at radius 3 is 3.06 bits per heavy atom. The summed E-state index contributed by atoms with van der Waals surface area (Å²) >= 11 is 0. The first-order valence-electron chi connectivity index (χ1n) is 5.79. The van der Waals surface area contributed by atoms with Crippen molar-refractivity contribution < 1.29 is 4.79 Å². The lowest BCUT2D eigenvalue weighted by molar-refractivity contribution is -0.122. The van der Waals surface area contributed by atoms with Gasteiger partial charge in [-0.1, -0.05) is 29.8 Å². The zero-order chi connectivity index (χ0) is 11.4. The van der Waals surface area contributed by atoms with E-state index in [0.29, 0.717) is 6.54 Å². The van der Waals surface area contributed by atoms with E-state index in [0.717, 1.165) is 19.4 Å². The van der Waals surface area contributed by atoms with Crippen LogP contribution in [0.1, 0.15) is 17.5 Å². The van der Waals surface area contributed by atoms with Crippen LogP contribution in [0.2, 0.25) is 0 Å². The lowest BCUT2D eigenvalue weighted by Crippen LogP contribution is -2.52.